The van der Waals surface area contributed by atoms with Crippen LogP contribution in [0.15, 0.2) is 72.8 Å². The quantitative estimate of drug-likeness (QED) is 0.565. The monoisotopic (exact) mass is 444 g/mol. The summed E-state index contributed by atoms with van der Waals surface area (Å²) in [6.07, 6.45) is 1.05. The third kappa shape index (κ3) is 5.75. The first-order valence-corrected chi connectivity index (χ1v) is 11.3. The number of amides is 1. The molecule has 8 heteroatoms. The van der Waals surface area contributed by atoms with Crippen LogP contribution < -0.4 is 14.4 Å². The Morgan fingerprint density at radius 1 is 1.00 bits per heavy atom. The molecule has 1 amide bonds. The molecule has 1 N–H and O–H groups in total. The number of para-hydroxylation sites is 1. The summed E-state index contributed by atoms with van der Waals surface area (Å²) >= 11 is 5.98. The fourth-order valence-electron chi connectivity index (χ4n) is 2.75. The lowest BCUT2D eigenvalue weighted by Crippen LogP contribution is -2.37. The van der Waals surface area contributed by atoms with Crippen molar-refractivity contribution < 1.29 is 17.9 Å². The summed E-state index contributed by atoms with van der Waals surface area (Å²) in [5.74, 6) is 0.745. The minimum Gasteiger partial charge on any atom is -0.457 e. The lowest BCUT2D eigenvalue weighted by molar-refractivity contribution is -0.114. The topological polar surface area (TPSA) is 75.7 Å². The maximum Gasteiger partial charge on any atom is 0.245 e. The van der Waals surface area contributed by atoms with Crippen LogP contribution in [0.5, 0.6) is 11.5 Å². The Morgan fingerprint density at radius 3 is 2.27 bits per heavy atom. The fourth-order valence-corrected chi connectivity index (χ4v) is 3.78. The molecule has 3 aromatic carbocycles. The standard InChI is InChI=1S/C22H21ClN2O4S/c1-16-8-9-17(23)14-21(16)24-22(26)15-25(30(2,27)28)18-10-12-20(13-11-18)29-19-6-4-3-5-7-19/h3-14H,15H2,1-2H3,(H,24,26). The van der Waals surface area contributed by atoms with Crippen molar-refractivity contribution in [1.82, 2.24) is 0 Å². The number of nitrogens with zero attached hydrogens (tertiary/aromatic N) is 1. The van der Waals surface area contributed by atoms with E-state index in [2.05, 4.69) is 5.32 Å². The van der Waals surface area contributed by atoms with E-state index in [0.29, 0.717) is 27.9 Å². The van der Waals surface area contributed by atoms with Crippen LogP contribution in [0.25, 0.3) is 0 Å². The molecule has 3 aromatic rings. The molecule has 6 nitrogen and oxygen atoms in total. The molecule has 0 spiro atoms. The predicted octanol–water partition coefficient (Wildman–Crippen LogP) is 4.85. The second-order valence-corrected chi connectivity index (χ2v) is 9.03. The highest BCUT2D eigenvalue weighted by atomic mass is 35.5. The van der Waals surface area contributed by atoms with Gasteiger partial charge in [0.1, 0.15) is 18.0 Å². The fraction of sp³-hybridized carbons (Fsp3) is 0.136. The van der Waals surface area contributed by atoms with Gasteiger partial charge in [0.05, 0.1) is 11.9 Å². The van der Waals surface area contributed by atoms with Crippen LogP contribution in [0.3, 0.4) is 0 Å². The molecule has 0 aliphatic heterocycles. The molecule has 0 atom stereocenters. The number of halogens is 1. The van der Waals surface area contributed by atoms with Crippen molar-refractivity contribution in [3.63, 3.8) is 0 Å². The second-order valence-electron chi connectivity index (χ2n) is 6.69. The first kappa shape index (κ1) is 21.7. The third-order valence-electron chi connectivity index (χ3n) is 4.26. The largest absolute Gasteiger partial charge is 0.457 e. The highest BCUT2D eigenvalue weighted by molar-refractivity contribution is 7.92. The summed E-state index contributed by atoms with van der Waals surface area (Å²) in [6, 6.07) is 20.8. The molecule has 0 aliphatic rings. The third-order valence-corrected chi connectivity index (χ3v) is 5.64. The number of benzene rings is 3. The van der Waals surface area contributed by atoms with Crippen molar-refractivity contribution in [2.45, 2.75) is 6.92 Å². The van der Waals surface area contributed by atoms with Crippen molar-refractivity contribution in [2.24, 2.45) is 0 Å². The zero-order valence-corrected chi connectivity index (χ0v) is 18.1. The van der Waals surface area contributed by atoms with Crippen molar-refractivity contribution in [3.05, 3.63) is 83.4 Å². The van der Waals surface area contributed by atoms with E-state index in [1.54, 1.807) is 42.5 Å². The highest BCUT2D eigenvalue weighted by Crippen LogP contribution is 2.26. The number of aryl methyl sites for hydroxylation is 1. The first-order chi connectivity index (χ1) is 14.2. The average Bonchev–Trinajstić information content (AvgIpc) is 2.70. The van der Waals surface area contributed by atoms with E-state index in [0.717, 1.165) is 16.1 Å². The van der Waals surface area contributed by atoms with Gasteiger partial charge in [-0.05, 0) is 61.0 Å². The van der Waals surface area contributed by atoms with E-state index >= 15 is 0 Å². The number of rotatable bonds is 7. The first-order valence-electron chi connectivity index (χ1n) is 9.09. The molecule has 156 valence electrons. The van der Waals surface area contributed by atoms with Crippen molar-refractivity contribution in [2.75, 3.05) is 22.4 Å². The second kappa shape index (κ2) is 9.19. The number of anilines is 2. The van der Waals surface area contributed by atoms with E-state index in [1.165, 1.54) is 0 Å². The van der Waals surface area contributed by atoms with Crippen LogP contribution in [0, 0.1) is 6.92 Å². The number of ether oxygens (including phenoxy) is 1. The Labute approximate surface area is 181 Å². The van der Waals surface area contributed by atoms with Gasteiger partial charge in [-0.1, -0.05) is 35.9 Å². The predicted molar refractivity (Wildman–Crippen MR) is 120 cm³/mol. The number of hydrogen-bond donors (Lipinski definition) is 1. The van der Waals surface area contributed by atoms with Crippen molar-refractivity contribution in [3.8, 4) is 11.5 Å². The zero-order valence-electron chi connectivity index (χ0n) is 16.5. The van der Waals surface area contributed by atoms with Gasteiger partial charge < -0.3 is 10.1 Å². The molecule has 0 aromatic heterocycles. The normalized spacial score (nSPS) is 11.0. The van der Waals surface area contributed by atoms with Gasteiger partial charge in [-0.25, -0.2) is 8.42 Å². The van der Waals surface area contributed by atoms with Crippen molar-refractivity contribution in [1.29, 1.82) is 0 Å². The number of sulfonamides is 1. The summed E-state index contributed by atoms with van der Waals surface area (Å²) < 4.78 is 31.4. The zero-order chi connectivity index (χ0) is 21.7. The van der Waals surface area contributed by atoms with Gasteiger partial charge >= 0.3 is 0 Å². The van der Waals surface area contributed by atoms with E-state index in [4.69, 9.17) is 16.3 Å². The van der Waals surface area contributed by atoms with Crippen molar-refractivity contribution >= 4 is 38.9 Å². The maximum absolute atomic E-state index is 12.5. The van der Waals surface area contributed by atoms with E-state index in [9.17, 15) is 13.2 Å². The summed E-state index contributed by atoms with van der Waals surface area (Å²) in [5.41, 5.74) is 1.71. The molecule has 0 aliphatic carbocycles. The Kier molecular flexibility index (Phi) is 6.64. The molecular formula is C22H21ClN2O4S. The molecule has 0 bridgehead atoms. The van der Waals surface area contributed by atoms with Gasteiger partial charge in [-0.2, -0.15) is 0 Å². The Hall–Kier alpha value is -3.03. The Morgan fingerprint density at radius 2 is 1.63 bits per heavy atom. The van der Waals surface area contributed by atoms with E-state index < -0.39 is 15.9 Å². The van der Waals surface area contributed by atoms with Gasteiger partial charge in [-0.3, -0.25) is 9.10 Å². The SMILES string of the molecule is Cc1ccc(Cl)cc1NC(=O)CN(c1ccc(Oc2ccccc2)cc1)S(C)(=O)=O. The lowest BCUT2D eigenvalue weighted by Gasteiger charge is -2.22. The molecule has 0 heterocycles. The molecule has 30 heavy (non-hydrogen) atoms. The van der Waals surface area contributed by atoms with Crippen LogP contribution >= 0.6 is 11.6 Å². The van der Waals surface area contributed by atoms with Crippen LogP contribution in [0.4, 0.5) is 11.4 Å². The molecular weight excluding hydrogens is 424 g/mol. The van der Waals surface area contributed by atoms with Crippen LogP contribution in [-0.2, 0) is 14.8 Å². The summed E-state index contributed by atoms with van der Waals surface area (Å²) in [4.78, 5) is 12.5. The Balaban J connectivity index is 1.76. The van der Waals surface area contributed by atoms with Crippen LogP contribution in [0.1, 0.15) is 5.56 Å². The minimum absolute atomic E-state index is 0.357. The number of carbonyl (C=O) groups excluding carboxylic acids is 1. The summed E-state index contributed by atoms with van der Waals surface area (Å²) in [5, 5.41) is 3.19. The molecule has 3 rings (SSSR count). The van der Waals surface area contributed by atoms with Gasteiger partial charge in [-0.15, -0.1) is 0 Å². The average molecular weight is 445 g/mol. The van der Waals surface area contributed by atoms with Gasteiger partial charge in [0.15, 0.2) is 0 Å². The molecule has 0 saturated carbocycles. The molecule has 0 saturated heterocycles. The highest BCUT2D eigenvalue weighted by Gasteiger charge is 2.21. The smallest absolute Gasteiger partial charge is 0.245 e. The lowest BCUT2D eigenvalue weighted by atomic mass is 10.2. The van der Waals surface area contributed by atoms with Gasteiger partial charge in [0, 0.05) is 10.7 Å². The number of carbonyl (C=O) groups is 1. The van der Waals surface area contributed by atoms with E-state index in [-0.39, 0.29) is 6.54 Å². The minimum atomic E-state index is -3.69. The number of nitrogens with one attached hydrogen (secondary N) is 1. The Bertz CT molecular complexity index is 1130. The van der Waals surface area contributed by atoms with E-state index in [1.807, 2.05) is 37.3 Å². The molecule has 0 fully saturated rings. The summed E-state index contributed by atoms with van der Waals surface area (Å²) in [6.45, 7) is 1.45. The van der Waals surface area contributed by atoms with Gasteiger partial charge in [0.25, 0.3) is 0 Å². The van der Waals surface area contributed by atoms with Crippen LogP contribution in [0.2, 0.25) is 5.02 Å². The van der Waals surface area contributed by atoms with Crippen LogP contribution in [-0.4, -0.2) is 27.1 Å². The number of hydrogen-bond acceptors (Lipinski definition) is 4. The molecule has 0 radical (unpaired) electrons. The molecule has 0 unspecified atom stereocenters. The van der Waals surface area contributed by atoms with Gasteiger partial charge in [0.2, 0.25) is 15.9 Å². The maximum atomic E-state index is 12.5. The summed E-state index contributed by atoms with van der Waals surface area (Å²) in [7, 11) is -3.69.